The van der Waals surface area contributed by atoms with E-state index < -0.39 is 0 Å². The molecule has 1 aromatic carbocycles. The van der Waals surface area contributed by atoms with Crippen LogP contribution >= 0.6 is 11.3 Å². The number of benzene rings is 1. The molecule has 0 radical (unpaired) electrons. The van der Waals surface area contributed by atoms with Gasteiger partial charge in [0.15, 0.2) is 11.5 Å². The number of rotatable bonds is 6. The number of hydrogen-bond acceptors (Lipinski definition) is 5. The van der Waals surface area contributed by atoms with Gasteiger partial charge in [-0.3, -0.25) is 0 Å². The monoisotopic (exact) mass is 291 g/mol. The van der Waals surface area contributed by atoms with E-state index in [0.29, 0.717) is 23.9 Å². The van der Waals surface area contributed by atoms with E-state index in [0.717, 1.165) is 16.3 Å². The van der Waals surface area contributed by atoms with Gasteiger partial charge in [0.1, 0.15) is 11.6 Å². The quantitative estimate of drug-likeness (QED) is 0.814. The zero-order valence-corrected chi connectivity index (χ0v) is 12.6. The zero-order valence-electron chi connectivity index (χ0n) is 11.8. The van der Waals surface area contributed by atoms with Crippen molar-refractivity contribution in [3.63, 3.8) is 0 Å². The smallest absolute Gasteiger partial charge is 0.203 e. The number of aryl methyl sites for hydroxylation is 1. The Labute approximate surface area is 122 Å². The topological polar surface area (TPSA) is 40.6 Å². The van der Waals surface area contributed by atoms with Gasteiger partial charge in [-0.05, 0) is 24.6 Å². The molecule has 1 heterocycles. The fraction of sp³-hybridized carbons (Fsp3) is 0.267. The first kappa shape index (κ1) is 14.4. The Morgan fingerprint density at radius 2 is 1.90 bits per heavy atom. The van der Waals surface area contributed by atoms with Crippen LogP contribution in [0.2, 0.25) is 0 Å². The molecule has 0 aliphatic rings. The van der Waals surface area contributed by atoms with E-state index in [2.05, 4.69) is 11.6 Å². The van der Waals surface area contributed by atoms with Crippen molar-refractivity contribution >= 4 is 17.4 Å². The average molecular weight is 291 g/mol. The maximum atomic E-state index is 5.81. The Balaban J connectivity index is 2.27. The molecule has 2 rings (SSSR count). The van der Waals surface area contributed by atoms with Crippen LogP contribution in [0.25, 0.3) is 6.08 Å². The highest BCUT2D eigenvalue weighted by Gasteiger charge is 2.14. The predicted molar refractivity (Wildman–Crippen MR) is 80.8 cm³/mol. The highest BCUT2D eigenvalue weighted by atomic mass is 32.1. The number of nitrogens with zero attached hydrogens (tertiary/aromatic N) is 1. The molecule has 0 fully saturated rings. The Morgan fingerprint density at radius 3 is 2.35 bits per heavy atom. The first-order valence-electron chi connectivity index (χ1n) is 6.10. The summed E-state index contributed by atoms with van der Waals surface area (Å²) >= 11 is 1.57. The predicted octanol–water partition coefficient (Wildman–Crippen LogP) is 3.69. The summed E-state index contributed by atoms with van der Waals surface area (Å²) in [6.07, 6.45) is 1.74. The summed E-state index contributed by atoms with van der Waals surface area (Å²) in [5.74, 6) is 1.81. The molecule has 0 aliphatic heterocycles. The van der Waals surface area contributed by atoms with Crippen LogP contribution < -0.4 is 14.2 Å². The molecule has 0 bridgehead atoms. The molecule has 0 aliphatic carbocycles. The zero-order chi connectivity index (χ0) is 14.5. The third kappa shape index (κ3) is 3.11. The lowest BCUT2D eigenvalue weighted by molar-refractivity contribution is 0.265. The Hall–Kier alpha value is -2.01. The molecule has 0 spiro atoms. The van der Waals surface area contributed by atoms with Gasteiger partial charge in [0.25, 0.3) is 0 Å². The van der Waals surface area contributed by atoms with Crippen molar-refractivity contribution < 1.29 is 14.2 Å². The summed E-state index contributed by atoms with van der Waals surface area (Å²) in [5.41, 5.74) is 1.91. The molecule has 0 amide bonds. The van der Waals surface area contributed by atoms with Gasteiger partial charge in [-0.25, -0.2) is 4.98 Å². The lowest BCUT2D eigenvalue weighted by Gasteiger charge is -2.14. The number of thiazole rings is 1. The van der Waals surface area contributed by atoms with Gasteiger partial charge in [-0.1, -0.05) is 12.7 Å². The van der Waals surface area contributed by atoms with E-state index in [9.17, 15) is 0 Å². The van der Waals surface area contributed by atoms with E-state index in [1.165, 1.54) is 0 Å². The van der Waals surface area contributed by atoms with Gasteiger partial charge in [-0.2, -0.15) is 0 Å². The van der Waals surface area contributed by atoms with Crippen LogP contribution in [0.3, 0.4) is 0 Å². The van der Waals surface area contributed by atoms with Crippen LogP contribution in [-0.4, -0.2) is 19.2 Å². The van der Waals surface area contributed by atoms with Crippen LogP contribution in [0, 0.1) is 6.92 Å². The SMILES string of the molecule is C=Cc1cc(OC)c(OCc2nc(C)cs2)c(OC)c1. The van der Waals surface area contributed by atoms with Crippen LogP contribution in [0.15, 0.2) is 24.1 Å². The standard InChI is InChI=1S/C15H17NO3S/c1-5-11-6-12(17-3)15(13(7-11)18-4)19-8-14-16-10(2)9-20-14/h5-7,9H,1,8H2,2-4H3. The van der Waals surface area contributed by atoms with Gasteiger partial charge in [0, 0.05) is 11.1 Å². The number of ether oxygens (including phenoxy) is 3. The normalized spacial score (nSPS) is 10.2. The molecule has 0 unspecified atom stereocenters. The van der Waals surface area contributed by atoms with E-state index in [-0.39, 0.29) is 0 Å². The fourth-order valence-corrected chi connectivity index (χ4v) is 2.45. The molecular formula is C15H17NO3S. The first-order chi connectivity index (χ1) is 9.67. The van der Waals surface area contributed by atoms with Crippen LogP contribution in [0.5, 0.6) is 17.2 Å². The van der Waals surface area contributed by atoms with Gasteiger partial charge < -0.3 is 14.2 Å². The van der Waals surface area contributed by atoms with Crippen LogP contribution in [0.4, 0.5) is 0 Å². The molecule has 2 aromatic rings. The molecular weight excluding hydrogens is 274 g/mol. The van der Waals surface area contributed by atoms with Gasteiger partial charge >= 0.3 is 0 Å². The lowest BCUT2D eigenvalue weighted by atomic mass is 10.2. The number of hydrogen-bond donors (Lipinski definition) is 0. The van der Waals surface area contributed by atoms with Crippen molar-refractivity contribution in [1.29, 1.82) is 0 Å². The third-order valence-corrected chi connectivity index (χ3v) is 3.67. The Kier molecular flexibility index (Phi) is 4.63. The van der Waals surface area contributed by atoms with Crippen molar-refractivity contribution in [2.75, 3.05) is 14.2 Å². The summed E-state index contributed by atoms with van der Waals surface area (Å²) in [6, 6.07) is 3.72. The van der Waals surface area contributed by atoms with Crippen molar-refractivity contribution in [3.8, 4) is 17.2 Å². The molecule has 0 saturated heterocycles. The second-order valence-electron chi connectivity index (χ2n) is 4.13. The summed E-state index contributed by atoms with van der Waals surface area (Å²) in [5, 5.41) is 2.91. The molecule has 0 atom stereocenters. The van der Waals surface area contributed by atoms with Crippen molar-refractivity contribution in [3.05, 3.63) is 40.4 Å². The van der Waals surface area contributed by atoms with Crippen LogP contribution in [0.1, 0.15) is 16.3 Å². The lowest BCUT2D eigenvalue weighted by Crippen LogP contribution is -2.00. The van der Waals surface area contributed by atoms with Gasteiger partial charge in [-0.15, -0.1) is 11.3 Å². The van der Waals surface area contributed by atoms with E-state index in [1.807, 2.05) is 24.4 Å². The molecule has 0 saturated carbocycles. The molecule has 0 N–H and O–H groups in total. The highest BCUT2D eigenvalue weighted by Crippen LogP contribution is 2.39. The minimum atomic E-state index is 0.388. The second-order valence-corrected chi connectivity index (χ2v) is 5.07. The maximum absolute atomic E-state index is 5.81. The molecule has 20 heavy (non-hydrogen) atoms. The number of methoxy groups -OCH3 is 2. The molecule has 106 valence electrons. The van der Waals surface area contributed by atoms with Crippen molar-refractivity contribution in [2.45, 2.75) is 13.5 Å². The summed E-state index contributed by atoms with van der Waals surface area (Å²) < 4.78 is 16.5. The summed E-state index contributed by atoms with van der Waals surface area (Å²) in [6.45, 7) is 6.09. The van der Waals surface area contributed by atoms with E-state index >= 15 is 0 Å². The van der Waals surface area contributed by atoms with Crippen LogP contribution in [-0.2, 0) is 6.61 Å². The largest absolute Gasteiger partial charge is 0.493 e. The summed E-state index contributed by atoms with van der Waals surface area (Å²) in [7, 11) is 3.20. The maximum Gasteiger partial charge on any atom is 0.203 e. The highest BCUT2D eigenvalue weighted by molar-refractivity contribution is 7.09. The number of aromatic nitrogens is 1. The van der Waals surface area contributed by atoms with E-state index in [1.54, 1.807) is 31.6 Å². The average Bonchev–Trinajstić information content (AvgIpc) is 2.89. The van der Waals surface area contributed by atoms with Gasteiger partial charge in [0.05, 0.1) is 14.2 Å². The first-order valence-corrected chi connectivity index (χ1v) is 6.98. The summed E-state index contributed by atoms with van der Waals surface area (Å²) in [4.78, 5) is 4.37. The second kappa shape index (κ2) is 6.43. The fourth-order valence-electron chi connectivity index (χ4n) is 1.76. The third-order valence-electron chi connectivity index (χ3n) is 2.73. The van der Waals surface area contributed by atoms with Gasteiger partial charge in [0.2, 0.25) is 5.75 Å². The molecule has 1 aromatic heterocycles. The van der Waals surface area contributed by atoms with Crippen molar-refractivity contribution in [1.82, 2.24) is 4.98 Å². The Morgan fingerprint density at radius 1 is 1.25 bits per heavy atom. The van der Waals surface area contributed by atoms with E-state index in [4.69, 9.17) is 14.2 Å². The molecule has 4 nitrogen and oxygen atoms in total. The molecule has 5 heteroatoms. The Bertz CT molecular complexity index is 582. The minimum Gasteiger partial charge on any atom is -0.493 e. The minimum absolute atomic E-state index is 0.388. The van der Waals surface area contributed by atoms with Crippen molar-refractivity contribution in [2.24, 2.45) is 0 Å².